The van der Waals surface area contributed by atoms with Crippen LogP contribution >= 0.6 is 0 Å². The minimum atomic E-state index is -0.522. The monoisotopic (exact) mass is 468 g/mol. The van der Waals surface area contributed by atoms with E-state index in [0.29, 0.717) is 34.8 Å². The highest BCUT2D eigenvalue weighted by atomic mass is 16.2. The predicted octanol–water partition coefficient (Wildman–Crippen LogP) is 4.75. The summed E-state index contributed by atoms with van der Waals surface area (Å²) in [6.45, 7) is 0. The first-order valence-corrected chi connectivity index (χ1v) is 12.1. The van der Waals surface area contributed by atoms with Gasteiger partial charge in [-0.15, -0.1) is 0 Å². The number of pyridine rings is 1. The number of rotatable bonds is 5. The van der Waals surface area contributed by atoms with Gasteiger partial charge in [0.2, 0.25) is 5.91 Å². The number of carbonyl (C=O) groups is 3. The molecule has 2 aromatic carbocycles. The van der Waals surface area contributed by atoms with Crippen molar-refractivity contribution in [3.8, 4) is 0 Å². The third-order valence-corrected chi connectivity index (χ3v) is 6.98. The van der Waals surface area contributed by atoms with E-state index in [9.17, 15) is 14.4 Å². The van der Waals surface area contributed by atoms with E-state index in [0.717, 1.165) is 25.7 Å². The fourth-order valence-corrected chi connectivity index (χ4v) is 5.32. The molecule has 1 aliphatic carbocycles. The molecule has 1 aromatic heterocycles. The van der Waals surface area contributed by atoms with Gasteiger partial charge in [-0.05, 0) is 67.6 Å². The smallest absolute Gasteiger partial charge is 0.255 e. The van der Waals surface area contributed by atoms with E-state index in [4.69, 9.17) is 0 Å². The lowest BCUT2D eigenvalue weighted by Crippen LogP contribution is -2.47. The summed E-state index contributed by atoms with van der Waals surface area (Å²) in [7, 11) is 0. The Morgan fingerprint density at radius 2 is 1.51 bits per heavy atom. The minimum Gasteiger partial charge on any atom is -0.324 e. The summed E-state index contributed by atoms with van der Waals surface area (Å²) in [5.41, 5.74) is 2.25. The zero-order valence-electron chi connectivity index (χ0n) is 19.4. The molecule has 1 saturated carbocycles. The van der Waals surface area contributed by atoms with Crippen molar-refractivity contribution >= 4 is 29.1 Å². The molecule has 178 valence electrons. The number of hydrogen-bond acceptors (Lipinski definition) is 4. The van der Waals surface area contributed by atoms with Gasteiger partial charge in [0, 0.05) is 40.9 Å². The Hall–Kier alpha value is -4.00. The lowest BCUT2D eigenvalue weighted by molar-refractivity contribution is -0.120. The highest BCUT2D eigenvalue weighted by molar-refractivity contribution is 6.05. The van der Waals surface area contributed by atoms with E-state index < -0.39 is 6.04 Å². The van der Waals surface area contributed by atoms with E-state index in [1.165, 1.54) is 0 Å². The third-order valence-electron chi connectivity index (χ3n) is 6.98. The average molecular weight is 469 g/mol. The van der Waals surface area contributed by atoms with E-state index in [1.807, 2.05) is 35.2 Å². The molecule has 3 unspecified atom stereocenters. The Labute approximate surface area is 204 Å². The molecule has 0 radical (unpaired) electrons. The number of amides is 3. The SMILES string of the molecule is O=C(Nc1cccc(NC(=O)C2CC3CCCCC3N2C(=O)c2ccccc2)c1)c1ccncc1. The van der Waals surface area contributed by atoms with Crippen molar-refractivity contribution in [3.05, 3.63) is 90.3 Å². The number of carbonyl (C=O) groups excluding carboxylic acids is 3. The maximum Gasteiger partial charge on any atom is 0.255 e. The van der Waals surface area contributed by atoms with Crippen LogP contribution in [0, 0.1) is 5.92 Å². The molecular formula is C28H28N4O3. The van der Waals surface area contributed by atoms with E-state index in [1.54, 1.807) is 48.8 Å². The second kappa shape index (κ2) is 10.1. The van der Waals surface area contributed by atoms with Crippen LogP contribution in [0.5, 0.6) is 0 Å². The van der Waals surface area contributed by atoms with Gasteiger partial charge in [0.05, 0.1) is 0 Å². The molecule has 3 atom stereocenters. The van der Waals surface area contributed by atoms with Crippen LogP contribution in [0.1, 0.15) is 52.8 Å². The van der Waals surface area contributed by atoms with Crippen LogP contribution in [-0.4, -0.2) is 39.7 Å². The van der Waals surface area contributed by atoms with Crippen LogP contribution in [0.2, 0.25) is 0 Å². The van der Waals surface area contributed by atoms with Gasteiger partial charge in [0.1, 0.15) is 6.04 Å². The molecule has 0 bridgehead atoms. The van der Waals surface area contributed by atoms with Crippen molar-refractivity contribution in [2.75, 3.05) is 10.6 Å². The second-order valence-corrected chi connectivity index (χ2v) is 9.20. The van der Waals surface area contributed by atoms with Gasteiger partial charge in [-0.1, -0.05) is 37.1 Å². The van der Waals surface area contributed by atoms with Gasteiger partial charge >= 0.3 is 0 Å². The summed E-state index contributed by atoms with van der Waals surface area (Å²) in [5, 5.41) is 5.84. The Bertz CT molecular complexity index is 1220. The maximum atomic E-state index is 13.5. The molecule has 5 rings (SSSR count). The normalized spacial score (nSPS) is 21.1. The standard InChI is InChI=1S/C28H28N4O3/c33-26(19-13-15-29-16-14-19)30-22-10-6-11-23(18-22)31-27(34)25-17-21-9-4-5-12-24(21)32(25)28(35)20-7-2-1-3-8-20/h1-3,6-8,10-11,13-16,18,21,24-25H,4-5,9,12,17H2,(H,30,33)(H,31,34). The predicted molar refractivity (Wildman–Crippen MR) is 134 cm³/mol. The number of anilines is 2. The lowest BCUT2D eigenvalue weighted by Gasteiger charge is -2.33. The minimum absolute atomic E-state index is 0.0847. The highest BCUT2D eigenvalue weighted by Gasteiger charge is 2.47. The Morgan fingerprint density at radius 3 is 2.29 bits per heavy atom. The zero-order chi connectivity index (χ0) is 24.2. The largest absolute Gasteiger partial charge is 0.324 e. The van der Waals surface area contributed by atoms with Crippen molar-refractivity contribution in [1.29, 1.82) is 0 Å². The fraction of sp³-hybridized carbons (Fsp3) is 0.286. The maximum absolute atomic E-state index is 13.5. The highest BCUT2D eigenvalue weighted by Crippen LogP contribution is 2.41. The average Bonchev–Trinajstić information content (AvgIpc) is 3.29. The first-order chi connectivity index (χ1) is 17.1. The topological polar surface area (TPSA) is 91.4 Å². The van der Waals surface area contributed by atoms with Crippen LogP contribution in [0.25, 0.3) is 0 Å². The van der Waals surface area contributed by atoms with Gasteiger partial charge in [0.15, 0.2) is 0 Å². The molecule has 2 N–H and O–H groups in total. The Kier molecular flexibility index (Phi) is 6.57. The van der Waals surface area contributed by atoms with Crippen LogP contribution < -0.4 is 10.6 Å². The molecule has 1 aliphatic heterocycles. The number of nitrogens with one attached hydrogen (secondary N) is 2. The third kappa shape index (κ3) is 4.94. The van der Waals surface area contributed by atoms with Crippen molar-refractivity contribution in [2.24, 2.45) is 5.92 Å². The van der Waals surface area contributed by atoms with Gasteiger partial charge in [-0.2, -0.15) is 0 Å². The molecule has 2 aliphatic rings. The number of fused-ring (bicyclic) bond motifs is 1. The van der Waals surface area contributed by atoms with Crippen LogP contribution in [-0.2, 0) is 4.79 Å². The van der Waals surface area contributed by atoms with E-state index >= 15 is 0 Å². The van der Waals surface area contributed by atoms with Gasteiger partial charge in [-0.3, -0.25) is 19.4 Å². The molecule has 7 nitrogen and oxygen atoms in total. The summed E-state index contributed by atoms with van der Waals surface area (Å²) in [4.78, 5) is 45.2. The molecule has 0 spiro atoms. The lowest BCUT2D eigenvalue weighted by atomic mass is 9.84. The number of likely N-dealkylation sites (tertiary alicyclic amines) is 1. The first-order valence-electron chi connectivity index (χ1n) is 12.1. The summed E-state index contributed by atoms with van der Waals surface area (Å²) in [6, 6.07) is 19.1. The summed E-state index contributed by atoms with van der Waals surface area (Å²) in [6.07, 6.45) is 8.00. The molecule has 3 aromatic rings. The quantitative estimate of drug-likeness (QED) is 0.566. The second-order valence-electron chi connectivity index (χ2n) is 9.20. The molecule has 1 saturated heterocycles. The summed E-state index contributed by atoms with van der Waals surface area (Å²) in [5.74, 6) is -0.187. The van der Waals surface area contributed by atoms with Crippen molar-refractivity contribution < 1.29 is 14.4 Å². The number of hydrogen-bond donors (Lipinski definition) is 2. The summed E-state index contributed by atoms with van der Waals surface area (Å²) >= 11 is 0. The van der Waals surface area contributed by atoms with E-state index in [-0.39, 0.29) is 23.8 Å². The number of nitrogens with zero attached hydrogens (tertiary/aromatic N) is 2. The molecule has 35 heavy (non-hydrogen) atoms. The molecule has 7 heteroatoms. The van der Waals surface area contributed by atoms with Crippen molar-refractivity contribution in [1.82, 2.24) is 9.88 Å². The van der Waals surface area contributed by atoms with Crippen molar-refractivity contribution in [3.63, 3.8) is 0 Å². The van der Waals surface area contributed by atoms with Gasteiger partial charge in [0.25, 0.3) is 11.8 Å². The summed E-state index contributed by atoms with van der Waals surface area (Å²) < 4.78 is 0. The van der Waals surface area contributed by atoms with Crippen LogP contribution in [0.15, 0.2) is 79.1 Å². The first kappa shape index (κ1) is 22.8. The van der Waals surface area contributed by atoms with Crippen molar-refractivity contribution in [2.45, 2.75) is 44.2 Å². The Morgan fingerprint density at radius 1 is 0.800 bits per heavy atom. The zero-order valence-corrected chi connectivity index (χ0v) is 19.4. The molecular weight excluding hydrogens is 440 g/mol. The Balaban J connectivity index is 1.33. The molecule has 3 amide bonds. The van der Waals surface area contributed by atoms with E-state index in [2.05, 4.69) is 15.6 Å². The molecule has 2 fully saturated rings. The number of benzene rings is 2. The van der Waals surface area contributed by atoms with Gasteiger partial charge in [-0.25, -0.2) is 0 Å². The number of aromatic nitrogens is 1. The van der Waals surface area contributed by atoms with Gasteiger partial charge < -0.3 is 15.5 Å². The van der Waals surface area contributed by atoms with Crippen LogP contribution in [0.4, 0.5) is 11.4 Å². The van der Waals surface area contributed by atoms with Crippen LogP contribution in [0.3, 0.4) is 0 Å². The fourth-order valence-electron chi connectivity index (χ4n) is 5.32. The molecule has 2 heterocycles.